The molecule has 1 aromatic heterocycles. The number of nitrogen functional groups attached to an aromatic ring is 1. The number of hydrogen-bond acceptors (Lipinski definition) is 2. The quantitative estimate of drug-likeness (QED) is 0.695. The Labute approximate surface area is 118 Å². The summed E-state index contributed by atoms with van der Waals surface area (Å²) < 4.78 is 16.0. The Kier molecular flexibility index (Phi) is 2.78. The predicted molar refractivity (Wildman–Crippen MR) is 78.2 cm³/mol. The average molecular weight is 320 g/mol. The predicted octanol–water partition coefficient (Wildman–Crippen LogP) is 3.72. The molecule has 0 saturated heterocycles. The van der Waals surface area contributed by atoms with Crippen LogP contribution < -0.4 is 5.73 Å². The third kappa shape index (κ3) is 2.00. The van der Waals surface area contributed by atoms with Gasteiger partial charge >= 0.3 is 0 Å². The number of nitrogens with two attached hydrogens (primary N) is 1. The second kappa shape index (κ2) is 4.35. The number of aryl methyl sites for hydroxylation is 1. The molecule has 5 heteroatoms. The summed E-state index contributed by atoms with van der Waals surface area (Å²) in [7, 11) is 1.90. The first-order valence-corrected chi connectivity index (χ1v) is 6.53. The number of anilines is 1. The maximum Gasteiger partial charge on any atom is 0.140 e. The first-order chi connectivity index (χ1) is 9.06. The van der Waals surface area contributed by atoms with Gasteiger partial charge in [-0.25, -0.2) is 9.37 Å². The van der Waals surface area contributed by atoms with Crippen LogP contribution >= 0.6 is 15.9 Å². The van der Waals surface area contributed by atoms with Gasteiger partial charge in [-0.3, -0.25) is 0 Å². The first kappa shape index (κ1) is 12.2. The summed E-state index contributed by atoms with van der Waals surface area (Å²) in [6.07, 6.45) is 0. The molecule has 0 aliphatic rings. The number of fused-ring (bicyclic) bond motifs is 1. The van der Waals surface area contributed by atoms with E-state index in [0.29, 0.717) is 11.2 Å². The van der Waals surface area contributed by atoms with Crippen molar-refractivity contribution in [3.05, 3.63) is 46.7 Å². The molecule has 1 heterocycles. The van der Waals surface area contributed by atoms with Crippen LogP contribution in [-0.4, -0.2) is 9.55 Å². The van der Waals surface area contributed by atoms with Gasteiger partial charge in [-0.15, -0.1) is 0 Å². The van der Waals surface area contributed by atoms with Gasteiger partial charge in [0.1, 0.15) is 11.6 Å². The Bertz CT molecular complexity index is 780. The van der Waals surface area contributed by atoms with Crippen LogP contribution in [0.5, 0.6) is 0 Å². The van der Waals surface area contributed by atoms with E-state index in [1.807, 2.05) is 29.8 Å². The average Bonchev–Trinajstić information content (AvgIpc) is 2.70. The fourth-order valence-corrected chi connectivity index (χ4v) is 2.36. The molecule has 2 N–H and O–H groups in total. The largest absolute Gasteiger partial charge is 0.398 e. The number of nitrogens with zero attached hydrogens (tertiary/aromatic N) is 2. The highest BCUT2D eigenvalue weighted by atomic mass is 79.9. The zero-order valence-electron chi connectivity index (χ0n) is 10.2. The van der Waals surface area contributed by atoms with E-state index in [0.717, 1.165) is 21.4 Å². The van der Waals surface area contributed by atoms with Crippen LogP contribution in [0.15, 0.2) is 40.9 Å². The molecule has 0 spiro atoms. The van der Waals surface area contributed by atoms with E-state index >= 15 is 0 Å². The summed E-state index contributed by atoms with van der Waals surface area (Å²) >= 11 is 3.36. The summed E-state index contributed by atoms with van der Waals surface area (Å²) in [5, 5.41) is 0. The van der Waals surface area contributed by atoms with E-state index < -0.39 is 0 Å². The van der Waals surface area contributed by atoms with E-state index in [4.69, 9.17) is 5.73 Å². The summed E-state index contributed by atoms with van der Waals surface area (Å²) in [6.45, 7) is 0. The van der Waals surface area contributed by atoms with Crippen LogP contribution in [-0.2, 0) is 7.05 Å². The van der Waals surface area contributed by atoms with Crippen LogP contribution in [0.2, 0.25) is 0 Å². The minimum atomic E-state index is -0.285. The fourth-order valence-electron chi connectivity index (χ4n) is 2.11. The molecule has 0 unspecified atom stereocenters. The second-order valence-corrected chi connectivity index (χ2v) is 5.22. The summed E-state index contributed by atoms with van der Waals surface area (Å²) in [5.41, 5.74) is 8.96. The summed E-state index contributed by atoms with van der Waals surface area (Å²) in [4.78, 5) is 4.47. The van der Waals surface area contributed by atoms with Gasteiger partial charge < -0.3 is 10.3 Å². The van der Waals surface area contributed by atoms with E-state index in [1.54, 1.807) is 6.07 Å². The maximum atomic E-state index is 13.2. The maximum absolute atomic E-state index is 13.2. The van der Waals surface area contributed by atoms with Crippen LogP contribution in [0.3, 0.4) is 0 Å². The van der Waals surface area contributed by atoms with Crippen molar-refractivity contribution in [3.8, 4) is 11.4 Å². The molecule has 3 aromatic rings. The Morgan fingerprint density at radius 3 is 2.74 bits per heavy atom. The minimum Gasteiger partial charge on any atom is -0.398 e. The lowest BCUT2D eigenvalue weighted by atomic mass is 10.2. The lowest BCUT2D eigenvalue weighted by molar-refractivity contribution is 0.629. The fraction of sp³-hybridized carbons (Fsp3) is 0.0714. The Morgan fingerprint density at radius 2 is 2.00 bits per heavy atom. The first-order valence-electron chi connectivity index (χ1n) is 5.73. The Balaban J connectivity index is 2.24. The van der Waals surface area contributed by atoms with Crippen LogP contribution in [0.1, 0.15) is 0 Å². The molecular weight excluding hydrogens is 309 g/mol. The van der Waals surface area contributed by atoms with Gasteiger partial charge in [0, 0.05) is 28.8 Å². The van der Waals surface area contributed by atoms with E-state index in [9.17, 15) is 4.39 Å². The minimum absolute atomic E-state index is 0.285. The van der Waals surface area contributed by atoms with Crippen LogP contribution in [0.4, 0.5) is 10.1 Å². The molecule has 0 aliphatic heterocycles. The van der Waals surface area contributed by atoms with Crippen LogP contribution in [0, 0.1) is 5.82 Å². The number of hydrogen-bond donors (Lipinski definition) is 1. The Morgan fingerprint density at radius 1 is 1.21 bits per heavy atom. The number of halogens is 2. The standard InChI is InChI=1S/C14H11BrFN3/c1-19-13-5-3-9(16)7-12(13)18-14(19)8-2-4-10(15)11(17)6-8/h2-7H,17H2,1H3. The van der Waals surface area contributed by atoms with E-state index in [1.165, 1.54) is 12.1 Å². The molecule has 0 aliphatic carbocycles. The van der Waals surface area contributed by atoms with Gasteiger partial charge in [0.25, 0.3) is 0 Å². The Hall–Kier alpha value is -1.88. The zero-order chi connectivity index (χ0) is 13.6. The molecule has 3 rings (SSSR count). The van der Waals surface area contributed by atoms with Crippen molar-refractivity contribution in [1.82, 2.24) is 9.55 Å². The van der Waals surface area contributed by atoms with Gasteiger partial charge in [-0.2, -0.15) is 0 Å². The topological polar surface area (TPSA) is 43.8 Å². The van der Waals surface area contributed by atoms with E-state index in [-0.39, 0.29) is 5.82 Å². The molecule has 0 radical (unpaired) electrons. The zero-order valence-corrected chi connectivity index (χ0v) is 11.8. The monoisotopic (exact) mass is 319 g/mol. The third-order valence-corrected chi connectivity index (χ3v) is 3.82. The number of imidazole rings is 1. The van der Waals surface area contributed by atoms with Crippen molar-refractivity contribution in [2.24, 2.45) is 7.05 Å². The van der Waals surface area contributed by atoms with Crippen molar-refractivity contribution in [2.75, 3.05) is 5.73 Å². The van der Waals surface area contributed by atoms with Crippen molar-refractivity contribution in [2.45, 2.75) is 0 Å². The highest BCUT2D eigenvalue weighted by molar-refractivity contribution is 9.10. The summed E-state index contributed by atoms with van der Waals surface area (Å²) in [5.74, 6) is 0.479. The molecule has 0 atom stereocenters. The molecule has 2 aromatic carbocycles. The van der Waals surface area contributed by atoms with Crippen molar-refractivity contribution in [1.29, 1.82) is 0 Å². The van der Waals surface area contributed by atoms with Crippen molar-refractivity contribution in [3.63, 3.8) is 0 Å². The molecule has 0 amide bonds. The normalized spacial score (nSPS) is 11.1. The van der Waals surface area contributed by atoms with Gasteiger partial charge in [-0.05, 0) is 46.3 Å². The lowest BCUT2D eigenvalue weighted by Crippen LogP contribution is -1.94. The smallest absolute Gasteiger partial charge is 0.140 e. The van der Waals surface area contributed by atoms with Gasteiger partial charge in [-0.1, -0.05) is 0 Å². The highest BCUT2D eigenvalue weighted by Gasteiger charge is 2.11. The molecule has 0 saturated carbocycles. The third-order valence-electron chi connectivity index (χ3n) is 3.10. The number of rotatable bonds is 1. The molecule has 19 heavy (non-hydrogen) atoms. The molecular formula is C14H11BrFN3. The highest BCUT2D eigenvalue weighted by Crippen LogP contribution is 2.28. The van der Waals surface area contributed by atoms with Gasteiger partial charge in [0.15, 0.2) is 0 Å². The molecule has 0 fully saturated rings. The molecule has 96 valence electrons. The molecule has 0 bridgehead atoms. The number of aromatic nitrogens is 2. The van der Waals surface area contributed by atoms with Crippen molar-refractivity contribution >= 4 is 32.7 Å². The van der Waals surface area contributed by atoms with Crippen LogP contribution in [0.25, 0.3) is 22.4 Å². The van der Waals surface area contributed by atoms with Gasteiger partial charge in [0.2, 0.25) is 0 Å². The number of benzene rings is 2. The molecule has 3 nitrogen and oxygen atoms in total. The lowest BCUT2D eigenvalue weighted by Gasteiger charge is -2.04. The SMILES string of the molecule is Cn1c(-c2ccc(Br)c(N)c2)nc2cc(F)ccc21. The van der Waals surface area contributed by atoms with Gasteiger partial charge in [0.05, 0.1) is 11.0 Å². The summed E-state index contributed by atoms with van der Waals surface area (Å²) in [6, 6.07) is 10.2. The van der Waals surface area contributed by atoms with Crippen molar-refractivity contribution < 1.29 is 4.39 Å². The van der Waals surface area contributed by atoms with E-state index in [2.05, 4.69) is 20.9 Å². The second-order valence-electron chi connectivity index (χ2n) is 4.36.